The Hall–Kier alpha value is -1.59. The van der Waals surface area contributed by atoms with Crippen LogP contribution in [0.5, 0.6) is 0 Å². The molecular formula is C27H45FN2O2. The van der Waals surface area contributed by atoms with Crippen LogP contribution in [0.3, 0.4) is 0 Å². The second-order valence-corrected chi connectivity index (χ2v) is 8.65. The molecule has 0 bridgehead atoms. The third-order valence-electron chi connectivity index (χ3n) is 6.72. The molecule has 1 heterocycles. The number of likely N-dealkylation sites (tertiary alicyclic amines) is 1. The molecule has 4 unspecified atom stereocenters. The van der Waals surface area contributed by atoms with Crippen molar-refractivity contribution in [3.8, 4) is 0 Å². The summed E-state index contributed by atoms with van der Waals surface area (Å²) in [5.74, 6) is 2.69. The van der Waals surface area contributed by atoms with Gasteiger partial charge in [-0.05, 0) is 77.5 Å². The molecule has 0 amide bonds. The maximum Gasteiger partial charge on any atom is 0.122 e. The molecule has 3 rings (SSSR count). The zero-order valence-electron chi connectivity index (χ0n) is 20.9. The van der Waals surface area contributed by atoms with E-state index in [0.717, 1.165) is 43.0 Å². The van der Waals surface area contributed by atoms with Crippen molar-refractivity contribution < 1.29 is 13.9 Å². The van der Waals surface area contributed by atoms with Gasteiger partial charge in [0.05, 0.1) is 13.2 Å². The van der Waals surface area contributed by atoms with Crippen LogP contribution in [0.2, 0.25) is 0 Å². The minimum atomic E-state index is -0.224. The predicted octanol–water partition coefficient (Wildman–Crippen LogP) is 6.26. The van der Waals surface area contributed by atoms with E-state index >= 15 is 0 Å². The molecule has 182 valence electrons. The Balaban J connectivity index is 0.00000176. The van der Waals surface area contributed by atoms with Gasteiger partial charge in [-0.2, -0.15) is 0 Å². The van der Waals surface area contributed by atoms with Crippen molar-refractivity contribution in [2.45, 2.75) is 85.2 Å². The molecule has 0 aromatic carbocycles. The Bertz CT molecular complexity index is 698. The molecule has 32 heavy (non-hydrogen) atoms. The van der Waals surface area contributed by atoms with E-state index in [0.29, 0.717) is 43.6 Å². The first-order valence-corrected chi connectivity index (χ1v) is 12.7. The van der Waals surface area contributed by atoms with Crippen molar-refractivity contribution >= 4 is 0 Å². The summed E-state index contributed by atoms with van der Waals surface area (Å²) in [7, 11) is 0. The van der Waals surface area contributed by atoms with Crippen LogP contribution in [-0.2, 0) is 9.47 Å². The molecule has 0 aromatic rings. The van der Waals surface area contributed by atoms with Gasteiger partial charge in [0.15, 0.2) is 0 Å². The third-order valence-corrected chi connectivity index (χ3v) is 6.72. The number of piperidine rings is 1. The summed E-state index contributed by atoms with van der Waals surface area (Å²) in [5, 5.41) is 0. The predicted molar refractivity (Wildman–Crippen MR) is 132 cm³/mol. The summed E-state index contributed by atoms with van der Waals surface area (Å²) in [6.45, 7) is 13.1. The summed E-state index contributed by atoms with van der Waals surface area (Å²) < 4.78 is 25.6. The molecule has 5 heteroatoms. The van der Waals surface area contributed by atoms with Gasteiger partial charge in [0.25, 0.3) is 0 Å². The zero-order chi connectivity index (χ0) is 23.5. The Morgan fingerprint density at radius 1 is 1.19 bits per heavy atom. The number of halogens is 1. The monoisotopic (exact) mass is 448 g/mol. The van der Waals surface area contributed by atoms with E-state index in [-0.39, 0.29) is 5.83 Å². The van der Waals surface area contributed by atoms with Crippen LogP contribution < -0.4 is 5.73 Å². The SMILES string of the molecule is C/C=C(F)\C=C/CC1=C(OCC)CC(CN2CCCC3C(N)CCC32)C=C1OCC.CC. The highest BCUT2D eigenvalue weighted by Gasteiger charge is 2.40. The second-order valence-electron chi connectivity index (χ2n) is 8.65. The first-order chi connectivity index (χ1) is 15.6. The number of hydrogen-bond acceptors (Lipinski definition) is 4. The Morgan fingerprint density at radius 3 is 2.62 bits per heavy atom. The van der Waals surface area contributed by atoms with E-state index in [4.69, 9.17) is 15.2 Å². The van der Waals surface area contributed by atoms with Gasteiger partial charge in [-0.1, -0.05) is 26.0 Å². The van der Waals surface area contributed by atoms with Crippen molar-refractivity contribution in [1.29, 1.82) is 0 Å². The number of allylic oxidation sites excluding steroid dienone is 6. The van der Waals surface area contributed by atoms with Crippen LogP contribution in [0.15, 0.2) is 47.2 Å². The molecule has 0 spiro atoms. The standard InChI is InChI=1S/C25H39FN2O2.C2H6/c1-4-19(26)9-7-10-21-24(29-5-2)15-18(16-25(21)30-6-3)17-28-14-8-11-20-22(27)12-13-23(20)28;1-2/h4,7,9,15,18,20,22-23H,5-6,8,10-14,16-17,27H2,1-3H3;1-2H3/b9-7-,19-4+;. The van der Waals surface area contributed by atoms with Gasteiger partial charge in [0.2, 0.25) is 0 Å². The first kappa shape index (κ1) is 26.7. The summed E-state index contributed by atoms with van der Waals surface area (Å²) in [6.07, 6.45) is 13.5. The lowest BCUT2D eigenvalue weighted by atomic mass is 9.87. The molecular weight excluding hydrogens is 403 g/mol. The normalized spacial score (nSPS) is 28.8. The summed E-state index contributed by atoms with van der Waals surface area (Å²) in [5.41, 5.74) is 7.43. The molecule has 1 saturated heterocycles. The molecule has 0 aromatic heterocycles. The smallest absolute Gasteiger partial charge is 0.122 e. The van der Waals surface area contributed by atoms with Crippen LogP contribution in [-0.4, -0.2) is 43.3 Å². The Labute approximate surface area is 195 Å². The molecule has 2 N–H and O–H groups in total. The summed E-state index contributed by atoms with van der Waals surface area (Å²) >= 11 is 0. The number of fused-ring (bicyclic) bond motifs is 1. The maximum absolute atomic E-state index is 13.5. The highest BCUT2D eigenvalue weighted by atomic mass is 19.1. The molecule has 2 fully saturated rings. The number of rotatable bonds is 9. The summed E-state index contributed by atoms with van der Waals surface area (Å²) in [6, 6.07) is 0.999. The number of nitrogens with two attached hydrogens (primary N) is 1. The molecule has 4 atom stereocenters. The Kier molecular flexibility index (Phi) is 11.5. The average molecular weight is 449 g/mol. The zero-order valence-corrected chi connectivity index (χ0v) is 20.9. The van der Waals surface area contributed by atoms with Crippen molar-refractivity contribution in [3.63, 3.8) is 0 Å². The second kappa shape index (κ2) is 13.8. The molecule has 0 radical (unpaired) electrons. The van der Waals surface area contributed by atoms with Gasteiger partial charge in [-0.3, -0.25) is 4.90 Å². The van der Waals surface area contributed by atoms with Crippen molar-refractivity contribution in [3.05, 3.63) is 47.2 Å². The van der Waals surface area contributed by atoms with Gasteiger partial charge in [-0.15, -0.1) is 0 Å². The van der Waals surface area contributed by atoms with E-state index in [1.807, 2.05) is 33.8 Å². The van der Waals surface area contributed by atoms with E-state index in [2.05, 4.69) is 11.0 Å². The minimum absolute atomic E-state index is 0.224. The van der Waals surface area contributed by atoms with E-state index in [1.165, 1.54) is 31.4 Å². The Morgan fingerprint density at radius 2 is 1.94 bits per heavy atom. The number of nitrogens with zero attached hydrogens (tertiary/aromatic N) is 1. The highest BCUT2D eigenvalue weighted by Crippen LogP contribution is 2.39. The average Bonchev–Trinajstić information content (AvgIpc) is 3.19. The molecule has 2 aliphatic carbocycles. The van der Waals surface area contributed by atoms with E-state index in [9.17, 15) is 4.39 Å². The molecule has 4 nitrogen and oxygen atoms in total. The number of ether oxygens (including phenoxy) is 2. The van der Waals surface area contributed by atoms with Crippen molar-refractivity contribution in [2.75, 3.05) is 26.3 Å². The highest BCUT2D eigenvalue weighted by molar-refractivity contribution is 5.36. The quantitative estimate of drug-likeness (QED) is 0.423. The third kappa shape index (κ3) is 6.95. The van der Waals surface area contributed by atoms with Crippen LogP contribution in [0.1, 0.15) is 73.1 Å². The van der Waals surface area contributed by atoms with Crippen molar-refractivity contribution in [2.24, 2.45) is 17.6 Å². The van der Waals surface area contributed by atoms with Gasteiger partial charge in [-0.25, -0.2) is 4.39 Å². The van der Waals surface area contributed by atoms with Crippen LogP contribution in [0.25, 0.3) is 0 Å². The topological polar surface area (TPSA) is 47.7 Å². The van der Waals surface area contributed by atoms with E-state index < -0.39 is 0 Å². The van der Waals surface area contributed by atoms with Crippen LogP contribution in [0.4, 0.5) is 4.39 Å². The van der Waals surface area contributed by atoms with Crippen LogP contribution >= 0.6 is 0 Å². The van der Waals surface area contributed by atoms with Gasteiger partial charge < -0.3 is 15.2 Å². The maximum atomic E-state index is 13.5. The fourth-order valence-electron chi connectivity index (χ4n) is 5.36. The van der Waals surface area contributed by atoms with Crippen molar-refractivity contribution in [1.82, 2.24) is 4.90 Å². The minimum Gasteiger partial charge on any atom is -0.498 e. The summed E-state index contributed by atoms with van der Waals surface area (Å²) in [4.78, 5) is 2.67. The van der Waals surface area contributed by atoms with Gasteiger partial charge in [0.1, 0.15) is 17.3 Å². The lowest BCUT2D eigenvalue weighted by Crippen LogP contribution is -2.48. The largest absolute Gasteiger partial charge is 0.498 e. The number of hydrogen-bond donors (Lipinski definition) is 1. The fourth-order valence-corrected chi connectivity index (χ4v) is 5.36. The lowest BCUT2D eigenvalue weighted by molar-refractivity contribution is 0.0903. The van der Waals surface area contributed by atoms with Crippen LogP contribution in [0, 0.1) is 11.8 Å². The van der Waals surface area contributed by atoms with E-state index in [1.54, 1.807) is 6.92 Å². The van der Waals surface area contributed by atoms with Gasteiger partial charge >= 0.3 is 0 Å². The molecule has 1 aliphatic heterocycles. The lowest BCUT2D eigenvalue weighted by Gasteiger charge is -2.41. The first-order valence-electron chi connectivity index (χ1n) is 12.7. The fraction of sp³-hybridized carbons (Fsp3) is 0.704. The van der Waals surface area contributed by atoms with Gasteiger partial charge in [0, 0.05) is 36.5 Å². The molecule has 3 aliphatic rings. The molecule has 1 saturated carbocycles.